The van der Waals surface area contributed by atoms with Gasteiger partial charge in [0.25, 0.3) is 0 Å². The van der Waals surface area contributed by atoms with Crippen molar-refractivity contribution in [3.05, 3.63) is 24.8 Å². The third-order valence-corrected chi connectivity index (χ3v) is 2.42. The highest BCUT2D eigenvalue weighted by atomic mass is 16.5. The van der Waals surface area contributed by atoms with Crippen molar-refractivity contribution in [3.8, 4) is 0 Å². The maximum Gasteiger partial charge on any atom is 0.302 e. The molecule has 0 unspecified atom stereocenters. The van der Waals surface area contributed by atoms with Crippen LogP contribution in [-0.2, 0) is 19.1 Å². The Balaban J connectivity index is 4.86. The fraction of sp³-hybridized carbons (Fsp3) is 0.571. The summed E-state index contributed by atoms with van der Waals surface area (Å²) in [7, 11) is 0. The van der Waals surface area contributed by atoms with E-state index in [-0.39, 0.29) is 25.2 Å². The lowest BCUT2D eigenvalue weighted by Crippen LogP contribution is -2.34. The molecule has 0 aromatic rings. The molecule has 0 rings (SSSR count). The first-order valence-electron chi connectivity index (χ1n) is 5.83. The lowest BCUT2D eigenvalue weighted by molar-refractivity contribution is -0.151. The van der Waals surface area contributed by atoms with Crippen LogP contribution in [0.25, 0.3) is 0 Å². The summed E-state index contributed by atoms with van der Waals surface area (Å²) in [6, 6.07) is 0. The van der Waals surface area contributed by atoms with E-state index in [1.54, 1.807) is 6.08 Å². The van der Waals surface area contributed by atoms with Crippen LogP contribution < -0.4 is 0 Å². The molecule has 4 heteroatoms. The molecule has 0 aromatic carbocycles. The van der Waals surface area contributed by atoms with Crippen molar-refractivity contribution in [2.75, 3.05) is 13.2 Å². The highest BCUT2D eigenvalue weighted by molar-refractivity contribution is 5.66. The Hall–Kier alpha value is -1.58. The summed E-state index contributed by atoms with van der Waals surface area (Å²) in [5.41, 5.74) is 0.474. The largest absolute Gasteiger partial charge is 0.465 e. The van der Waals surface area contributed by atoms with Crippen LogP contribution in [0.1, 0.15) is 33.6 Å². The van der Waals surface area contributed by atoms with Crippen LogP contribution in [0.2, 0.25) is 0 Å². The van der Waals surface area contributed by atoms with Crippen LogP contribution >= 0.6 is 0 Å². The van der Waals surface area contributed by atoms with Crippen LogP contribution in [0.5, 0.6) is 0 Å². The van der Waals surface area contributed by atoms with Gasteiger partial charge in [-0.25, -0.2) is 0 Å². The third-order valence-electron chi connectivity index (χ3n) is 2.42. The Morgan fingerprint density at radius 1 is 1.11 bits per heavy atom. The Labute approximate surface area is 109 Å². The summed E-state index contributed by atoms with van der Waals surface area (Å²) in [6.07, 6.45) is 2.93. The molecule has 102 valence electrons. The van der Waals surface area contributed by atoms with E-state index in [9.17, 15) is 9.59 Å². The molecular formula is C14H22O4. The summed E-state index contributed by atoms with van der Waals surface area (Å²) < 4.78 is 10.1. The van der Waals surface area contributed by atoms with Gasteiger partial charge in [0.05, 0.1) is 0 Å². The van der Waals surface area contributed by atoms with E-state index in [0.29, 0.717) is 12.8 Å². The molecule has 0 atom stereocenters. The minimum absolute atomic E-state index is 0.189. The van der Waals surface area contributed by atoms with E-state index in [1.165, 1.54) is 13.8 Å². The van der Waals surface area contributed by atoms with Crippen LogP contribution in [0.3, 0.4) is 0 Å². The van der Waals surface area contributed by atoms with Gasteiger partial charge in [0, 0.05) is 19.3 Å². The number of rotatable bonds is 8. The molecule has 0 aliphatic heterocycles. The van der Waals surface area contributed by atoms with Gasteiger partial charge in [-0.2, -0.15) is 0 Å². The second-order valence-electron chi connectivity index (χ2n) is 4.69. The number of carbonyl (C=O) groups excluding carboxylic acids is 2. The third kappa shape index (κ3) is 6.89. The molecule has 0 fully saturated rings. The second-order valence-corrected chi connectivity index (χ2v) is 4.69. The zero-order valence-corrected chi connectivity index (χ0v) is 11.5. The molecule has 4 nitrogen and oxygen atoms in total. The van der Waals surface area contributed by atoms with Gasteiger partial charge in [0.1, 0.15) is 13.2 Å². The van der Waals surface area contributed by atoms with Gasteiger partial charge in [-0.05, 0) is 19.8 Å². The summed E-state index contributed by atoms with van der Waals surface area (Å²) in [6.45, 7) is 12.5. The molecule has 0 amide bonds. The Morgan fingerprint density at radius 2 is 1.56 bits per heavy atom. The van der Waals surface area contributed by atoms with Crippen LogP contribution in [-0.4, -0.2) is 25.2 Å². The molecule has 0 saturated carbocycles. The Morgan fingerprint density at radius 3 is 1.83 bits per heavy atom. The van der Waals surface area contributed by atoms with Gasteiger partial charge >= 0.3 is 11.9 Å². The van der Waals surface area contributed by atoms with Gasteiger partial charge < -0.3 is 9.47 Å². The van der Waals surface area contributed by atoms with Crippen molar-refractivity contribution < 1.29 is 19.1 Å². The minimum Gasteiger partial charge on any atom is -0.465 e. The van der Waals surface area contributed by atoms with Crippen molar-refractivity contribution in [3.63, 3.8) is 0 Å². The predicted octanol–water partition coefficient (Wildman–Crippen LogP) is 2.64. The zero-order chi connectivity index (χ0) is 14.2. The topological polar surface area (TPSA) is 52.6 Å². The lowest BCUT2D eigenvalue weighted by Gasteiger charge is -2.31. The Bertz CT molecular complexity index is 313. The zero-order valence-electron chi connectivity index (χ0n) is 11.5. The maximum absolute atomic E-state index is 10.9. The number of hydrogen-bond donors (Lipinski definition) is 0. The van der Waals surface area contributed by atoms with E-state index in [2.05, 4.69) is 13.2 Å². The number of esters is 2. The van der Waals surface area contributed by atoms with Gasteiger partial charge in [0.15, 0.2) is 0 Å². The number of ether oxygens (including phenoxy) is 2. The SMILES string of the molecule is C=CCC(COC(C)=O)(COC(C)=O)CC(=C)C. The van der Waals surface area contributed by atoms with Crippen molar-refractivity contribution in [1.82, 2.24) is 0 Å². The van der Waals surface area contributed by atoms with E-state index in [4.69, 9.17) is 9.47 Å². The van der Waals surface area contributed by atoms with Crippen molar-refractivity contribution in [1.29, 1.82) is 0 Å². The molecule has 18 heavy (non-hydrogen) atoms. The fourth-order valence-electron chi connectivity index (χ4n) is 1.79. The van der Waals surface area contributed by atoms with E-state index >= 15 is 0 Å². The normalized spacial score (nSPS) is 10.6. The lowest BCUT2D eigenvalue weighted by atomic mass is 9.80. The molecule has 0 heterocycles. The minimum atomic E-state index is -0.467. The summed E-state index contributed by atoms with van der Waals surface area (Å²) in [5, 5.41) is 0. The first kappa shape index (κ1) is 16.4. The summed E-state index contributed by atoms with van der Waals surface area (Å²) in [4.78, 5) is 21.9. The maximum atomic E-state index is 10.9. The van der Waals surface area contributed by atoms with E-state index in [1.807, 2.05) is 6.92 Å². The first-order chi connectivity index (χ1) is 8.31. The second kappa shape index (κ2) is 7.69. The summed E-state index contributed by atoms with van der Waals surface area (Å²) >= 11 is 0. The first-order valence-corrected chi connectivity index (χ1v) is 5.83. The van der Waals surface area contributed by atoms with E-state index in [0.717, 1.165) is 5.57 Å². The standard InChI is InChI=1S/C14H22O4/c1-6-7-14(8-11(2)3,9-17-12(4)15)10-18-13(5)16/h6H,1-2,7-10H2,3-5H3. The van der Waals surface area contributed by atoms with Gasteiger partial charge in [-0.3, -0.25) is 9.59 Å². The van der Waals surface area contributed by atoms with Gasteiger partial charge in [0.2, 0.25) is 0 Å². The van der Waals surface area contributed by atoms with Crippen LogP contribution in [0.4, 0.5) is 0 Å². The Kier molecular flexibility index (Phi) is 7.01. The van der Waals surface area contributed by atoms with Crippen LogP contribution in [0, 0.1) is 5.41 Å². The molecule has 0 radical (unpaired) electrons. The molecule has 0 aliphatic rings. The van der Waals surface area contributed by atoms with Gasteiger partial charge in [-0.1, -0.05) is 11.6 Å². The predicted molar refractivity (Wildman–Crippen MR) is 69.9 cm³/mol. The molecule has 0 saturated heterocycles. The summed E-state index contributed by atoms with van der Waals surface area (Å²) in [5.74, 6) is -0.707. The number of hydrogen-bond acceptors (Lipinski definition) is 4. The number of allylic oxidation sites excluding steroid dienone is 2. The molecule has 0 N–H and O–H groups in total. The quantitative estimate of drug-likeness (QED) is 0.493. The average Bonchev–Trinajstić information content (AvgIpc) is 2.23. The van der Waals surface area contributed by atoms with Crippen molar-refractivity contribution in [2.45, 2.75) is 33.6 Å². The highest BCUT2D eigenvalue weighted by Crippen LogP contribution is 2.31. The van der Waals surface area contributed by atoms with Gasteiger partial charge in [-0.15, -0.1) is 13.2 Å². The van der Waals surface area contributed by atoms with Crippen LogP contribution in [0.15, 0.2) is 24.8 Å². The molecule has 0 spiro atoms. The fourth-order valence-corrected chi connectivity index (χ4v) is 1.79. The average molecular weight is 254 g/mol. The molecule has 0 bridgehead atoms. The molecule has 0 aliphatic carbocycles. The molecule has 0 aromatic heterocycles. The highest BCUT2D eigenvalue weighted by Gasteiger charge is 2.32. The molecular weight excluding hydrogens is 232 g/mol. The number of carbonyl (C=O) groups is 2. The monoisotopic (exact) mass is 254 g/mol. The van der Waals surface area contributed by atoms with Crippen molar-refractivity contribution >= 4 is 11.9 Å². The van der Waals surface area contributed by atoms with E-state index < -0.39 is 5.41 Å². The smallest absolute Gasteiger partial charge is 0.302 e. The van der Waals surface area contributed by atoms with Crippen molar-refractivity contribution in [2.24, 2.45) is 5.41 Å².